The molecule has 0 amide bonds. The Bertz CT molecular complexity index is 1830. The van der Waals surface area contributed by atoms with Gasteiger partial charge in [0.15, 0.2) is 6.10 Å². The Labute approximate surface area is 590 Å². The van der Waals surface area contributed by atoms with Crippen LogP contribution < -0.4 is 4.89 Å². The molecule has 0 aromatic heterocycles. The van der Waals surface area contributed by atoms with Gasteiger partial charge in [-0.2, -0.15) is 0 Å². The van der Waals surface area contributed by atoms with Crippen molar-refractivity contribution < 1.29 is 42.1 Å². The van der Waals surface area contributed by atoms with Crippen LogP contribution in [0.15, 0.2) is 72.9 Å². The number of allylic oxidation sites excluding steroid dienone is 12. The zero-order valence-corrected chi connectivity index (χ0v) is 64.5. The van der Waals surface area contributed by atoms with Gasteiger partial charge in [-0.25, -0.2) is 0 Å². The van der Waals surface area contributed by atoms with Crippen LogP contribution in [-0.2, 0) is 32.7 Å². The number of nitrogens with zero attached hydrogens (tertiary/aromatic N) is 1. The maximum atomic E-state index is 12.9. The molecular formula is C85H158NO8P. The number of unbranched alkanes of at least 4 members (excludes halogenated alkanes) is 51. The Hall–Kier alpha value is -2.55. The summed E-state index contributed by atoms with van der Waals surface area (Å²) in [6.07, 6.45) is 103. The highest BCUT2D eigenvalue weighted by molar-refractivity contribution is 7.45. The molecule has 0 fully saturated rings. The summed E-state index contributed by atoms with van der Waals surface area (Å²) in [4.78, 5) is 38.2. The fourth-order valence-corrected chi connectivity index (χ4v) is 13.0. The van der Waals surface area contributed by atoms with Crippen molar-refractivity contribution in [3.05, 3.63) is 72.9 Å². The van der Waals surface area contributed by atoms with E-state index in [0.29, 0.717) is 17.4 Å². The molecule has 556 valence electrons. The maximum absolute atomic E-state index is 12.9. The van der Waals surface area contributed by atoms with Gasteiger partial charge < -0.3 is 27.9 Å². The van der Waals surface area contributed by atoms with Crippen molar-refractivity contribution in [1.29, 1.82) is 0 Å². The first-order valence-electron chi connectivity index (χ1n) is 41.1. The van der Waals surface area contributed by atoms with E-state index in [4.69, 9.17) is 18.5 Å². The molecule has 95 heavy (non-hydrogen) atoms. The Morgan fingerprint density at radius 3 is 0.895 bits per heavy atom. The molecule has 0 saturated heterocycles. The van der Waals surface area contributed by atoms with E-state index in [-0.39, 0.29) is 32.0 Å². The number of hydrogen-bond donors (Lipinski definition) is 0. The molecule has 0 aromatic carbocycles. The molecule has 0 spiro atoms. The lowest BCUT2D eigenvalue weighted by Crippen LogP contribution is -2.37. The number of hydrogen-bond acceptors (Lipinski definition) is 8. The van der Waals surface area contributed by atoms with Crippen molar-refractivity contribution >= 4 is 19.8 Å². The number of carbonyl (C=O) groups excluding carboxylic acids is 2. The molecule has 0 aliphatic carbocycles. The molecule has 0 heterocycles. The SMILES string of the molecule is CC/C=C\C/C=C\C/C=C\C/C=C\C/C=C\C/C=C\CCCCCCCCCCCCCCCCC(=O)OC(COC(=O)CCCCCCCCCCCCCCCCCCCCCCCCCCCCCCCCCCCCCCCC)COP(=O)([O-])OCC[N+](C)(C)C. The summed E-state index contributed by atoms with van der Waals surface area (Å²) in [5.74, 6) is -0.816. The minimum absolute atomic E-state index is 0.0305. The van der Waals surface area contributed by atoms with Crippen molar-refractivity contribution in [1.82, 2.24) is 0 Å². The fourth-order valence-electron chi connectivity index (χ4n) is 12.3. The van der Waals surface area contributed by atoms with Crippen molar-refractivity contribution in [3.63, 3.8) is 0 Å². The molecule has 0 aliphatic rings. The van der Waals surface area contributed by atoms with Gasteiger partial charge in [-0.3, -0.25) is 14.2 Å². The Balaban J connectivity index is 3.91. The summed E-state index contributed by atoms with van der Waals surface area (Å²) in [6.45, 7) is 4.19. The van der Waals surface area contributed by atoms with Gasteiger partial charge in [-0.15, -0.1) is 0 Å². The third-order valence-electron chi connectivity index (χ3n) is 18.5. The summed E-state index contributed by atoms with van der Waals surface area (Å²) >= 11 is 0. The first kappa shape index (κ1) is 92.4. The van der Waals surface area contributed by atoms with Gasteiger partial charge in [0.2, 0.25) is 0 Å². The van der Waals surface area contributed by atoms with Gasteiger partial charge in [-0.05, 0) is 64.2 Å². The third kappa shape index (κ3) is 80.3. The lowest BCUT2D eigenvalue weighted by Gasteiger charge is -2.28. The molecule has 0 bridgehead atoms. The Morgan fingerprint density at radius 2 is 0.600 bits per heavy atom. The van der Waals surface area contributed by atoms with E-state index < -0.39 is 26.5 Å². The van der Waals surface area contributed by atoms with Gasteiger partial charge in [0.25, 0.3) is 7.82 Å². The third-order valence-corrected chi connectivity index (χ3v) is 19.5. The van der Waals surface area contributed by atoms with Crippen LogP contribution in [0.25, 0.3) is 0 Å². The molecular weight excluding hydrogens is 1190 g/mol. The number of carbonyl (C=O) groups is 2. The smallest absolute Gasteiger partial charge is 0.306 e. The maximum Gasteiger partial charge on any atom is 0.306 e. The van der Waals surface area contributed by atoms with Crippen LogP contribution in [0.2, 0.25) is 0 Å². The highest BCUT2D eigenvalue weighted by Gasteiger charge is 2.22. The van der Waals surface area contributed by atoms with Gasteiger partial charge in [0, 0.05) is 12.8 Å². The van der Waals surface area contributed by atoms with Crippen LogP contribution in [-0.4, -0.2) is 70.0 Å². The topological polar surface area (TPSA) is 111 Å². The predicted octanol–water partition coefficient (Wildman–Crippen LogP) is 26.8. The second kappa shape index (κ2) is 75.6. The van der Waals surface area contributed by atoms with Crippen molar-refractivity contribution in [2.24, 2.45) is 0 Å². The van der Waals surface area contributed by atoms with Crippen LogP contribution >= 0.6 is 7.82 Å². The quantitative estimate of drug-likeness (QED) is 0.0195. The summed E-state index contributed by atoms with van der Waals surface area (Å²) in [6, 6.07) is 0. The van der Waals surface area contributed by atoms with Gasteiger partial charge in [0.1, 0.15) is 19.8 Å². The molecule has 0 aromatic rings. The van der Waals surface area contributed by atoms with Gasteiger partial charge >= 0.3 is 11.9 Å². The molecule has 0 rings (SSSR count). The van der Waals surface area contributed by atoms with Crippen LogP contribution in [0.5, 0.6) is 0 Å². The summed E-state index contributed by atoms with van der Waals surface area (Å²) in [7, 11) is 1.18. The van der Waals surface area contributed by atoms with E-state index in [2.05, 4.69) is 86.8 Å². The number of phosphoric acid groups is 1. The summed E-state index contributed by atoms with van der Waals surface area (Å²) < 4.78 is 34.4. The van der Waals surface area contributed by atoms with E-state index in [9.17, 15) is 19.0 Å². The van der Waals surface area contributed by atoms with Crippen molar-refractivity contribution in [2.45, 2.75) is 412 Å². The first-order valence-corrected chi connectivity index (χ1v) is 42.6. The van der Waals surface area contributed by atoms with E-state index in [1.807, 2.05) is 21.1 Å². The number of quaternary nitrogens is 1. The molecule has 0 N–H and O–H groups in total. The molecule has 0 radical (unpaired) electrons. The molecule has 0 aliphatic heterocycles. The zero-order chi connectivity index (χ0) is 69.0. The number of ether oxygens (including phenoxy) is 2. The van der Waals surface area contributed by atoms with Crippen LogP contribution in [0.4, 0.5) is 0 Å². The van der Waals surface area contributed by atoms with Gasteiger partial charge in [-0.1, -0.05) is 401 Å². The van der Waals surface area contributed by atoms with Gasteiger partial charge in [0.05, 0.1) is 27.7 Å². The van der Waals surface area contributed by atoms with Crippen LogP contribution in [0.3, 0.4) is 0 Å². The average Bonchev–Trinajstić information content (AvgIpc) is 1.80. The molecule has 2 atom stereocenters. The number of esters is 2. The minimum Gasteiger partial charge on any atom is -0.756 e. The van der Waals surface area contributed by atoms with Crippen molar-refractivity contribution in [2.75, 3.05) is 47.5 Å². The van der Waals surface area contributed by atoms with Crippen LogP contribution in [0, 0.1) is 0 Å². The minimum atomic E-state index is -4.65. The fraction of sp³-hybridized carbons (Fsp3) is 0.835. The second-order valence-electron chi connectivity index (χ2n) is 29.1. The highest BCUT2D eigenvalue weighted by atomic mass is 31.2. The first-order chi connectivity index (χ1) is 46.5. The van der Waals surface area contributed by atoms with E-state index >= 15 is 0 Å². The lowest BCUT2D eigenvalue weighted by atomic mass is 10.0. The molecule has 2 unspecified atom stereocenters. The molecule has 10 heteroatoms. The largest absolute Gasteiger partial charge is 0.756 e. The highest BCUT2D eigenvalue weighted by Crippen LogP contribution is 2.38. The Morgan fingerprint density at radius 1 is 0.337 bits per heavy atom. The zero-order valence-electron chi connectivity index (χ0n) is 63.6. The van der Waals surface area contributed by atoms with Crippen LogP contribution in [0.1, 0.15) is 406 Å². The average molecular weight is 1350 g/mol. The summed E-state index contributed by atoms with van der Waals surface area (Å²) in [5, 5.41) is 0. The second-order valence-corrected chi connectivity index (χ2v) is 30.5. The normalized spacial score (nSPS) is 13.4. The lowest BCUT2D eigenvalue weighted by molar-refractivity contribution is -0.870. The van der Waals surface area contributed by atoms with E-state index in [1.165, 1.54) is 295 Å². The number of rotatable bonds is 77. The predicted molar refractivity (Wildman–Crippen MR) is 411 cm³/mol. The standard InChI is InChI=1S/C85H158NO8P/c1-6-8-10-12-14-16-18-20-22-24-26-28-30-32-34-36-38-40-41-42-43-44-46-47-49-51-53-55-57-59-61-63-65-67-69-71-73-75-77-84(87)91-81-83(82-93-95(89,90)92-80-79-86(3,4)5)94-85(88)78-76-74-72-70-68-66-64-62-60-58-56-54-52-50-48-45-39-37-35-33-31-29-27-25-23-21-19-17-15-13-11-9-7-2/h9,11,15,17,21,23,27,29,33,35,39,45,83H,6-8,10,12-14,16,18-20,22,24-26,28,30-32,34,36-38,40-44,46-82H2,1-5H3/b11-9-,17-15-,23-21-,29-27-,35-33-,45-39-. The summed E-state index contributed by atoms with van der Waals surface area (Å²) in [5.41, 5.74) is 0. The van der Waals surface area contributed by atoms with E-state index in [1.54, 1.807) is 0 Å². The molecule has 0 saturated carbocycles. The monoisotopic (exact) mass is 1350 g/mol. The molecule has 9 nitrogen and oxygen atoms in total. The number of phosphoric ester groups is 1. The number of likely N-dealkylation sites (N-methyl/N-ethyl adjacent to an activating group) is 1. The van der Waals surface area contributed by atoms with Crippen molar-refractivity contribution in [3.8, 4) is 0 Å². The van der Waals surface area contributed by atoms with E-state index in [0.717, 1.165) is 77.0 Å². The Kier molecular flexibility index (Phi) is 73.6.